The quantitative estimate of drug-likeness (QED) is 0.506. The second-order valence-corrected chi connectivity index (χ2v) is 2.92. The van der Waals surface area contributed by atoms with Crippen molar-refractivity contribution in [2.24, 2.45) is 0 Å². The van der Waals surface area contributed by atoms with Gasteiger partial charge in [0.25, 0.3) is 5.17 Å². The Balaban J connectivity index is 2.17. The largest absolute Gasteiger partial charge is 0.463 e. The van der Waals surface area contributed by atoms with Crippen LogP contribution in [0.25, 0.3) is 0 Å². The van der Waals surface area contributed by atoms with E-state index in [4.69, 9.17) is 28.1 Å². The molecule has 3 nitrogen and oxygen atoms in total. The summed E-state index contributed by atoms with van der Waals surface area (Å²) in [6, 6.07) is 0. The number of nitrogens with one attached hydrogen (secondary N) is 1. The predicted molar refractivity (Wildman–Crippen MR) is 49.7 cm³/mol. The van der Waals surface area contributed by atoms with E-state index in [1.807, 2.05) is 6.92 Å². The van der Waals surface area contributed by atoms with E-state index in [1.54, 1.807) is 0 Å². The number of hydrogen-bond acceptors (Lipinski definition) is 3. The van der Waals surface area contributed by atoms with E-state index in [0.717, 1.165) is 0 Å². The van der Waals surface area contributed by atoms with Crippen LogP contribution >= 0.6 is 12.2 Å². The van der Waals surface area contributed by atoms with Crippen LogP contribution in [0, 0.1) is 12.3 Å². The summed E-state index contributed by atoms with van der Waals surface area (Å²) in [6.45, 7) is 3.01. The highest BCUT2D eigenvalue weighted by atomic mass is 32.1. The maximum absolute atomic E-state index is 5.26. The first-order valence-electron chi connectivity index (χ1n) is 3.74. The molecule has 4 heteroatoms. The summed E-state index contributed by atoms with van der Waals surface area (Å²) in [6.07, 6.45) is 4.97. The van der Waals surface area contributed by atoms with E-state index in [2.05, 4.69) is 11.2 Å². The van der Waals surface area contributed by atoms with Gasteiger partial charge < -0.3 is 14.8 Å². The molecule has 0 radical (unpaired) electrons. The van der Waals surface area contributed by atoms with Gasteiger partial charge in [0.15, 0.2) is 0 Å². The highest BCUT2D eigenvalue weighted by Gasteiger charge is 2.20. The molecule has 1 aliphatic heterocycles. The highest BCUT2D eigenvalue weighted by molar-refractivity contribution is 7.80. The number of terminal acetylenes is 1. The second-order valence-electron chi connectivity index (χ2n) is 2.55. The Morgan fingerprint density at radius 2 is 2.75 bits per heavy atom. The number of hydrogen-bond donors (Lipinski definition) is 1. The maximum Gasteiger partial charge on any atom is 0.257 e. The maximum atomic E-state index is 5.26. The van der Waals surface area contributed by atoms with Crippen molar-refractivity contribution in [3.63, 3.8) is 0 Å². The van der Waals surface area contributed by atoms with Gasteiger partial charge in [0.2, 0.25) is 0 Å². The average molecular weight is 185 g/mol. The van der Waals surface area contributed by atoms with Crippen LogP contribution in [0.1, 0.15) is 6.92 Å². The summed E-state index contributed by atoms with van der Waals surface area (Å²) in [7, 11) is 0. The van der Waals surface area contributed by atoms with Gasteiger partial charge in [0.05, 0.1) is 13.2 Å². The van der Waals surface area contributed by atoms with Gasteiger partial charge in [-0.1, -0.05) is 5.92 Å². The Labute approximate surface area is 77.4 Å². The van der Waals surface area contributed by atoms with Crippen LogP contribution < -0.4 is 5.32 Å². The van der Waals surface area contributed by atoms with Crippen LogP contribution in [0.3, 0.4) is 0 Å². The Bertz CT molecular complexity index is 212. The van der Waals surface area contributed by atoms with Crippen LogP contribution in [0.2, 0.25) is 0 Å². The smallest absolute Gasteiger partial charge is 0.257 e. The standard InChI is InChI=1S/C8H11NO2S/c1-3-6(2)10-5-7-4-9-8(12)11-7/h1,6-7H,4-5H2,2H3,(H,9,12)/t6-,7+/m1/s1. The molecule has 2 atom stereocenters. The molecule has 1 N–H and O–H groups in total. The van der Waals surface area contributed by atoms with E-state index in [-0.39, 0.29) is 12.2 Å². The molecule has 1 saturated heterocycles. The van der Waals surface area contributed by atoms with Crippen molar-refractivity contribution in [2.75, 3.05) is 13.2 Å². The summed E-state index contributed by atoms with van der Waals surface area (Å²) in [5.41, 5.74) is 0. The van der Waals surface area contributed by atoms with E-state index in [9.17, 15) is 0 Å². The summed E-state index contributed by atoms with van der Waals surface area (Å²) in [5.74, 6) is 2.47. The zero-order chi connectivity index (χ0) is 8.97. The van der Waals surface area contributed by atoms with Gasteiger partial charge in [-0.15, -0.1) is 6.42 Å². The zero-order valence-electron chi connectivity index (χ0n) is 6.87. The molecule has 0 aromatic rings. The van der Waals surface area contributed by atoms with E-state index in [1.165, 1.54) is 0 Å². The molecule has 0 bridgehead atoms. The lowest BCUT2D eigenvalue weighted by Gasteiger charge is -2.10. The van der Waals surface area contributed by atoms with E-state index < -0.39 is 0 Å². The fraction of sp³-hybridized carbons (Fsp3) is 0.625. The van der Waals surface area contributed by atoms with Gasteiger partial charge in [0.1, 0.15) is 12.2 Å². The van der Waals surface area contributed by atoms with Crippen LogP contribution in [-0.2, 0) is 9.47 Å². The van der Waals surface area contributed by atoms with Gasteiger partial charge >= 0.3 is 0 Å². The molecule has 1 rings (SSSR count). The fourth-order valence-electron chi connectivity index (χ4n) is 0.825. The molecule has 0 aromatic heterocycles. The van der Waals surface area contributed by atoms with Crippen molar-refractivity contribution in [1.29, 1.82) is 0 Å². The van der Waals surface area contributed by atoms with Crippen molar-refractivity contribution in [1.82, 2.24) is 5.32 Å². The minimum Gasteiger partial charge on any atom is -0.463 e. The molecule has 0 saturated carbocycles. The first kappa shape index (κ1) is 9.30. The monoisotopic (exact) mass is 185 g/mol. The first-order valence-corrected chi connectivity index (χ1v) is 4.15. The minimum atomic E-state index is -0.164. The number of rotatable bonds is 3. The Kier molecular flexibility index (Phi) is 3.32. The molecular weight excluding hydrogens is 174 g/mol. The lowest BCUT2D eigenvalue weighted by molar-refractivity contribution is 0.0412. The minimum absolute atomic E-state index is 0.00769. The topological polar surface area (TPSA) is 30.5 Å². The predicted octanol–water partition coefficient (Wildman–Crippen LogP) is 0.298. The molecule has 0 aromatic carbocycles. The summed E-state index contributed by atoms with van der Waals surface area (Å²) in [5, 5.41) is 3.33. The van der Waals surface area contributed by atoms with Gasteiger partial charge in [-0.25, -0.2) is 0 Å². The van der Waals surface area contributed by atoms with Crippen molar-refractivity contribution in [3.8, 4) is 12.3 Å². The van der Waals surface area contributed by atoms with E-state index >= 15 is 0 Å². The third-order valence-corrected chi connectivity index (χ3v) is 1.76. The van der Waals surface area contributed by atoms with Crippen molar-refractivity contribution in [3.05, 3.63) is 0 Å². The molecule has 0 amide bonds. The summed E-state index contributed by atoms with van der Waals surface area (Å²) < 4.78 is 10.4. The third-order valence-electron chi connectivity index (χ3n) is 1.51. The van der Waals surface area contributed by atoms with Gasteiger partial charge in [0, 0.05) is 0 Å². The SMILES string of the molecule is C#C[C@@H](C)OC[C@@H]1CNC(=S)O1. The van der Waals surface area contributed by atoms with E-state index in [0.29, 0.717) is 18.3 Å². The normalized spacial score (nSPS) is 24.0. The lowest BCUT2D eigenvalue weighted by Crippen LogP contribution is -2.22. The molecule has 12 heavy (non-hydrogen) atoms. The Morgan fingerprint density at radius 3 is 3.25 bits per heavy atom. The van der Waals surface area contributed by atoms with Crippen molar-refractivity contribution >= 4 is 17.4 Å². The molecular formula is C8H11NO2S. The second kappa shape index (κ2) is 4.29. The molecule has 0 spiro atoms. The molecule has 0 unspecified atom stereocenters. The summed E-state index contributed by atoms with van der Waals surface area (Å²) >= 11 is 4.78. The first-order chi connectivity index (χ1) is 5.72. The highest BCUT2D eigenvalue weighted by Crippen LogP contribution is 2.02. The van der Waals surface area contributed by atoms with Gasteiger partial charge in [-0.2, -0.15) is 0 Å². The molecule has 1 fully saturated rings. The Morgan fingerprint density at radius 1 is 2.00 bits per heavy atom. The number of ether oxygens (including phenoxy) is 2. The molecule has 1 heterocycles. The summed E-state index contributed by atoms with van der Waals surface area (Å²) in [4.78, 5) is 0. The average Bonchev–Trinajstić information content (AvgIpc) is 2.47. The third kappa shape index (κ3) is 2.68. The van der Waals surface area contributed by atoms with Gasteiger partial charge in [-0.05, 0) is 19.1 Å². The number of thiocarbonyl (C=S) groups is 1. The zero-order valence-corrected chi connectivity index (χ0v) is 7.69. The van der Waals surface area contributed by atoms with Crippen molar-refractivity contribution < 1.29 is 9.47 Å². The molecule has 1 aliphatic rings. The Hall–Kier alpha value is -0.790. The van der Waals surface area contributed by atoms with Crippen LogP contribution in [-0.4, -0.2) is 30.5 Å². The fourth-order valence-corrected chi connectivity index (χ4v) is 1.04. The molecule has 0 aliphatic carbocycles. The van der Waals surface area contributed by atoms with Crippen LogP contribution in [0.15, 0.2) is 0 Å². The lowest BCUT2D eigenvalue weighted by atomic mass is 10.4. The van der Waals surface area contributed by atoms with Crippen LogP contribution in [0.5, 0.6) is 0 Å². The van der Waals surface area contributed by atoms with Gasteiger partial charge in [-0.3, -0.25) is 0 Å². The van der Waals surface area contributed by atoms with Crippen molar-refractivity contribution in [2.45, 2.75) is 19.1 Å². The molecule has 66 valence electrons. The van der Waals surface area contributed by atoms with Crippen LogP contribution in [0.4, 0.5) is 0 Å².